The van der Waals surface area contributed by atoms with Crippen molar-refractivity contribution >= 4 is 40.9 Å². The number of halogens is 2. The van der Waals surface area contributed by atoms with Crippen LogP contribution in [0.3, 0.4) is 0 Å². The Balaban J connectivity index is 0.00000180. The fraction of sp³-hybridized carbons (Fsp3) is 0.500. The molecule has 0 bridgehead atoms. The number of aryl methyl sites for hydroxylation is 1. The van der Waals surface area contributed by atoms with Gasteiger partial charge in [0.1, 0.15) is 0 Å². The minimum atomic E-state index is 0. The molecule has 1 N–H and O–H groups in total. The summed E-state index contributed by atoms with van der Waals surface area (Å²) >= 11 is 2.28. The molecule has 1 saturated heterocycles. The summed E-state index contributed by atoms with van der Waals surface area (Å²) in [6.45, 7) is 7.96. The summed E-state index contributed by atoms with van der Waals surface area (Å²) in [6.07, 6.45) is 0. The van der Waals surface area contributed by atoms with Crippen molar-refractivity contribution in [2.45, 2.75) is 32.9 Å². The summed E-state index contributed by atoms with van der Waals surface area (Å²) < 4.78 is 1.15. The fourth-order valence-corrected chi connectivity index (χ4v) is 2.75. The van der Waals surface area contributed by atoms with E-state index in [-0.39, 0.29) is 24.4 Å². The molecule has 1 heterocycles. The molecule has 0 spiro atoms. The quantitative estimate of drug-likeness (QED) is 0.743. The Hall–Kier alpha value is -0.330. The van der Waals surface area contributed by atoms with Crippen LogP contribution in [0.4, 0.5) is 0 Å². The van der Waals surface area contributed by atoms with Crippen molar-refractivity contribution in [3.05, 3.63) is 32.9 Å². The highest BCUT2D eigenvalue weighted by atomic mass is 127. The largest absolute Gasteiger partial charge is 0.333 e. The molecule has 1 aliphatic rings. The summed E-state index contributed by atoms with van der Waals surface area (Å²) in [7, 11) is 0. The average Bonchev–Trinajstić information content (AvgIpc) is 2.35. The molecular formula is C14H20ClIN2O. The Morgan fingerprint density at radius 1 is 1.42 bits per heavy atom. The van der Waals surface area contributed by atoms with Gasteiger partial charge in [-0.3, -0.25) is 4.79 Å². The van der Waals surface area contributed by atoms with Crippen LogP contribution in [-0.4, -0.2) is 36.0 Å². The number of carbonyl (C=O) groups excluding carboxylic acids is 1. The molecule has 1 aliphatic heterocycles. The predicted molar refractivity (Wildman–Crippen MR) is 89.1 cm³/mol. The molecular weight excluding hydrogens is 375 g/mol. The van der Waals surface area contributed by atoms with Gasteiger partial charge in [0.15, 0.2) is 0 Å². The summed E-state index contributed by atoms with van der Waals surface area (Å²) in [6, 6.07) is 6.53. The second-order valence-electron chi connectivity index (χ2n) is 4.95. The van der Waals surface area contributed by atoms with E-state index < -0.39 is 0 Å². The number of nitrogens with zero attached hydrogens (tertiary/aromatic N) is 1. The first-order chi connectivity index (χ1) is 8.50. The molecule has 5 heteroatoms. The second kappa shape index (κ2) is 6.90. The molecule has 1 fully saturated rings. The average molecular weight is 395 g/mol. The molecule has 2 unspecified atom stereocenters. The minimum absolute atomic E-state index is 0. The van der Waals surface area contributed by atoms with Gasteiger partial charge in [0.25, 0.3) is 5.91 Å². The monoisotopic (exact) mass is 394 g/mol. The molecule has 19 heavy (non-hydrogen) atoms. The van der Waals surface area contributed by atoms with Gasteiger partial charge in [-0.1, -0.05) is 6.07 Å². The smallest absolute Gasteiger partial charge is 0.254 e. The van der Waals surface area contributed by atoms with Gasteiger partial charge in [-0.2, -0.15) is 0 Å². The minimum Gasteiger partial charge on any atom is -0.333 e. The van der Waals surface area contributed by atoms with Crippen molar-refractivity contribution < 1.29 is 4.79 Å². The summed E-state index contributed by atoms with van der Waals surface area (Å²) in [5, 5.41) is 3.39. The molecule has 106 valence electrons. The molecule has 3 nitrogen and oxygen atoms in total. The molecule has 2 rings (SSSR count). The normalized spacial score (nSPS) is 22.8. The van der Waals surface area contributed by atoms with Gasteiger partial charge in [0.2, 0.25) is 0 Å². The Bertz CT molecular complexity index is 467. The number of amides is 1. The van der Waals surface area contributed by atoms with E-state index in [2.05, 4.69) is 48.7 Å². The fourth-order valence-electron chi connectivity index (χ4n) is 2.23. The van der Waals surface area contributed by atoms with E-state index in [0.29, 0.717) is 6.04 Å². The zero-order valence-corrected chi connectivity index (χ0v) is 14.4. The van der Waals surface area contributed by atoms with Crippen LogP contribution < -0.4 is 5.32 Å². The van der Waals surface area contributed by atoms with Gasteiger partial charge >= 0.3 is 0 Å². The summed E-state index contributed by atoms with van der Waals surface area (Å²) in [5.74, 6) is 0.147. The molecule has 1 amide bonds. The van der Waals surface area contributed by atoms with Crippen LogP contribution in [0.5, 0.6) is 0 Å². The first-order valence-electron chi connectivity index (χ1n) is 6.31. The van der Waals surface area contributed by atoms with Gasteiger partial charge in [0.05, 0.1) is 0 Å². The number of nitrogens with one attached hydrogen (secondary N) is 1. The number of hydrogen-bond acceptors (Lipinski definition) is 2. The zero-order valence-electron chi connectivity index (χ0n) is 11.4. The van der Waals surface area contributed by atoms with E-state index in [0.717, 1.165) is 22.2 Å². The van der Waals surface area contributed by atoms with E-state index in [1.54, 1.807) is 0 Å². The first-order valence-corrected chi connectivity index (χ1v) is 7.39. The van der Waals surface area contributed by atoms with E-state index in [1.807, 2.05) is 23.1 Å². The van der Waals surface area contributed by atoms with Crippen molar-refractivity contribution in [2.24, 2.45) is 0 Å². The molecule has 1 aromatic rings. The SMILES string of the molecule is Cc1ccc(C(=O)N2CCNC(C)C2C)cc1I.Cl. The van der Waals surface area contributed by atoms with Gasteiger partial charge in [-0.25, -0.2) is 0 Å². The number of hydrogen-bond donors (Lipinski definition) is 1. The lowest BCUT2D eigenvalue weighted by molar-refractivity contribution is 0.0603. The third-order valence-electron chi connectivity index (χ3n) is 3.71. The van der Waals surface area contributed by atoms with Crippen LogP contribution in [0.1, 0.15) is 29.8 Å². The number of piperazine rings is 1. The maximum atomic E-state index is 12.5. The maximum absolute atomic E-state index is 12.5. The molecule has 2 atom stereocenters. The predicted octanol–water partition coefficient (Wildman–Crippen LogP) is 2.84. The van der Waals surface area contributed by atoms with Crippen molar-refractivity contribution in [1.82, 2.24) is 10.2 Å². The van der Waals surface area contributed by atoms with Crippen molar-refractivity contribution in [3.63, 3.8) is 0 Å². The van der Waals surface area contributed by atoms with Crippen molar-refractivity contribution in [1.29, 1.82) is 0 Å². The van der Waals surface area contributed by atoms with Gasteiger partial charge in [-0.15, -0.1) is 12.4 Å². The standard InChI is InChI=1S/C14H19IN2O.ClH/c1-9-4-5-12(8-13(9)15)14(18)17-7-6-16-10(2)11(17)3;/h4-5,8,10-11,16H,6-7H2,1-3H3;1H. The molecule has 0 saturated carbocycles. The van der Waals surface area contributed by atoms with Crippen LogP contribution in [0, 0.1) is 10.5 Å². The van der Waals surface area contributed by atoms with Crippen LogP contribution in [0.2, 0.25) is 0 Å². The molecule has 1 aromatic carbocycles. The lowest BCUT2D eigenvalue weighted by atomic mass is 10.0. The van der Waals surface area contributed by atoms with Crippen LogP contribution >= 0.6 is 35.0 Å². The van der Waals surface area contributed by atoms with Crippen LogP contribution in [-0.2, 0) is 0 Å². The summed E-state index contributed by atoms with van der Waals surface area (Å²) in [4.78, 5) is 14.5. The van der Waals surface area contributed by atoms with Gasteiger partial charge < -0.3 is 10.2 Å². The second-order valence-corrected chi connectivity index (χ2v) is 6.11. The van der Waals surface area contributed by atoms with Crippen molar-refractivity contribution in [3.8, 4) is 0 Å². The van der Waals surface area contributed by atoms with Gasteiger partial charge in [0, 0.05) is 34.3 Å². The Morgan fingerprint density at radius 2 is 2.11 bits per heavy atom. The van der Waals surface area contributed by atoms with E-state index in [4.69, 9.17) is 0 Å². The van der Waals surface area contributed by atoms with Crippen molar-refractivity contribution in [2.75, 3.05) is 13.1 Å². The number of carbonyl (C=O) groups is 1. The highest BCUT2D eigenvalue weighted by molar-refractivity contribution is 14.1. The molecule has 0 aromatic heterocycles. The number of benzene rings is 1. The summed E-state index contributed by atoms with van der Waals surface area (Å²) in [5.41, 5.74) is 2.01. The Kier molecular flexibility index (Phi) is 6.08. The Morgan fingerprint density at radius 3 is 2.74 bits per heavy atom. The first kappa shape index (κ1) is 16.7. The molecule has 0 radical (unpaired) electrons. The zero-order chi connectivity index (χ0) is 13.3. The van der Waals surface area contributed by atoms with Crippen LogP contribution in [0.25, 0.3) is 0 Å². The van der Waals surface area contributed by atoms with E-state index >= 15 is 0 Å². The van der Waals surface area contributed by atoms with Gasteiger partial charge in [-0.05, 0) is 61.1 Å². The molecule has 0 aliphatic carbocycles. The highest BCUT2D eigenvalue weighted by Crippen LogP contribution is 2.18. The third kappa shape index (κ3) is 3.61. The highest BCUT2D eigenvalue weighted by Gasteiger charge is 2.28. The number of rotatable bonds is 1. The Labute approximate surface area is 134 Å². The van der Waals surface area contributed by atoms with E-state index in [1.165, 1.54) is 5.56 Å². The topological polar surface area (TPSA) is 32.3 Å². The lowest BCUT2D eigenvalue weighted by Gasteiger charge is -2.38. The van der Waals surface area contributed by atoms with E-state index in [9.17, 15) is 4.79 Å². The lowest BCUT2D eigenvalue weighted by Crippen LogP contribution is -2.57. The maximum Gasteiger partial charge on any atom is 0.254 e. The van der Waals surface area contributed by atoms with Crippen LogP contribution in [0.15, 0.2) is 18.2 Å². The third-order valence-corrected chi connectivity index (χ3v) is 4.88.